The van der Waals surface area contributed by atoms with E-state index >= 15 is 0 Å². The van der Waals surface area contributed by atoms with Crippen molar-refractivity contribution in [3.8, 4) is 16.9 Å². The van der Waals surface area contributed by atoms with Crippen molar-refractivity contribution >= 4 is 23.2 Å². The van der Waals surface area contributed by atoms with Crippen molar-refractivity contribution in [3.05, 3.63) is 78.4 Å². The van der Waals surface area contributed by atoms with Gasteiger partial charge in [0.1, 0.15) is 5.75 Å². The normalized spacial score (nSPS) is 10.3. The largest absolute Gasteiger partial charge is 0.494 e. The first-order chi connectivity index (χ1) is 14.6. The molecule has 0 bridgehead atoms. The van der Waals surface area contributed by atoms with Gasteiger partial charge in [0.2, 0.25) is 5.91 Å². The van der Waals surface area contributed by atoms with Gasteiger partial charge in [-0.2, -0.15) is 0 Å². The third kappa shape index (κ3) is 5.47. The zero-order valence-electron chi connectivity index (χ0n) is 17.3. The molecule has 30 heavy (non-hydrogen) atoms. The summed E-state index contributed by atoms with van der Waals surface area (Å²) < 4.78 is 5.38. The first-order valence-electron chi connectivity index (χ1n) is 10.1. The molecule has 0 aromatic heterocycles. The van der Waals surface area contributed by atoms with Gasteiger partial charge in [0.25, 0.3) is 5.91 Å². The number of anilines is 2. The molecule has 3 aromatic rings. The van der Waals surface area contributed by atoms with E-state index < -0.39 is 0 Å². The van der Waals surface area contributed by atoms with Crippen LogP contribution in [0.3, 0.4) is 0 Å². The molecule has 0 fully saturated rings. The Bertz CT molecular complexity index is 999. The second-order valence-corrected chi connectivity index (χ2v) is 6.96. The summed E-state index contributed by atoms with van der Waals surface area (Å²) in [5, 5.41) is 5.73. The van der Waals surface area contributed by atoms with Crippen molar-refractivity contribution in [1.82, 2.24) is 0 Å². The first-order valence-corrected chi connectivity index (χ1v) is 10.1. The topological polar surface area (TPSA) is 67.4 Å². The van der Waals surface area contributed by atoms with Crippen LogP contribution in [0.1, 0.15) is 36.5 Å². The summed E-state index contributed by atoms with van der Waals surface area (Å²) in [6.45, 7) is 2.04. The fourth-order valence-corrected chi connectivity index (χ4v) is 3.07. The maximum atomic E-state index is 12.6. The third-order valence-electron chi connectivity index (χ3n) is 4.75. The molecular formula is C25H26N2O3. The van der Waals surface area contributed by atoms with E-state index in [0.29, 0.717) is 29.1 Å². The van der Waals surface area contributed by atoms with Crippen LogP contribution in [-0.2, 0) is 4.79 Å². The second-order valence-electron chi connectivity index (χ2n) is 6.96. The number of unbranched alkanes of at least 4 members (excludes halogenated alkanes) is 1. The quantitative estimate of drug-likeness (QED) is 0.505. The lowest BCUT2D eigenvalue weighted by Gasteiger charge is -2.13. The molecule has 0 atom stereocenters. The highest BCUT2D eigenvalue weighted by Gasteiger charge is 2.11. The molecule has 0 radical (unpaired) electrons. The van der Waals surface area contributed by atoms with Crippen LogP contribution in [0.4, 0.5) is 11.4 Å². The van der Waals surface area contributed by atoms with E-state index in [1.165, 1.54) is 7.11 Å². The standard InChI is InChI=1S/C25H26N2O3/c1-3-4-10-24(28)27-22-16-15-21(17-23(22)30-2)26-25(29)20-13-11-19(12-14-20)18-8-6-5-7-9-18/h5-9,11-17H,3-4,10H2,1-2H3,(H,26,29)(H,27,28). The molecule has 0 heterocycles. The SMILES string of the molecule is CCCCC(=O)Nc1ccc(NC(=O)c2ccc(-c3ccccc3)cc2)cc1OC. The molecule has 0 unspecified atom stereocenters. The van der Waals surface area contributed by atoms with Crippen LogP contribution in [0, 0.1) is 0 Å². The van der Waals surface area contributed by atoms with Crippen molar-refractivity contribution in [3.63, 3.8) is 0 Å². The number of carbonyl (C=O) groups is 2. The van der Waals surface area contributed by atoms with Gasteiger partial charge in [0.15, 0.2) is 0 Å². The Morgan fingerprint density at radius 2 is 1.57 bits per heavy atom. The van der Waals surface area contributed by atoms with E-state index in [0.717, 1.165) is 24.0 Å². The summed E-state index contributed by atoms with van der Waals surface area (Å²) in [6, 6.07) is 22.7. The number of rotatable bonds is 8. The highest BCUT2D eigenvalue weighted by molar-refractivity contribution is 6.05. The average Bonchev–Trinajstić information content (AvgIpc) is 2.79. The fourth-order valence-electron chi connectivity index (χ4n) is 3.07. The zero-order valence-corrected chi connectivity index (χ0v) is 17.3. The van der Waals surface area contributed by atoms with E-state index in [-0.39, 0.29) is 11.8 Å². The average molecular weight is 402 g/mol. The number of carbonyl (C=O) groups excluding carboxylic acids is 2. The van der Waals surface area contributed by atoms with Gasteiger partial charge in [-0.1, -0.05) is 55.8 Å². The molecular weight excluding hydrogens is 376 g/mol. The Labute approximate surface area is 177 Å². The van der Waals surface area contributed by atoms with Crippen molar-refractivity contribution < 1.29 is 14.3 Å². The van der Waals surface area contributed by atoms with Crippen LogP contribution in [0.2, 0.25) is 0 Å². The predicted octanol–water partition coefficient (Wildman–Crippen LogP) is 5.74. The van der Waals surface area contributed by atoms with Crippen molar-refractivity contribution in [1.29, 1.82) is 0 Å². The second kappa shape index (κ2) is 10.3. The number of methoxy groups -OCH3 is 1. The van der Waals surface area contributed by atoms with Gasteiger partial charge in [-0.3, -0.25) is 9.59 Å². The summed E-state index contributed by atoms with van der Waals surface area (Å²) in [5.74, 6) is 0.235. The summed E-state index contributed by atoms with van der Waals surface area (Å²) in [4.78, 5) is 24.6. The minimum Gasteiger partial charge on any atom is -0.494 e. The Morgan fingerprint density at radius 3 is 2.23 bits per heavy atom. The molecule has 0 saturated heterocycles. The molecule has 3 rings (SSSR count). The van der Waals surface area contributed by atoms with E-state index in [2.05, 4.69) is 10.6 Å². The van der Waals surface area contributed by atoms with E-state index in [1.54, 1.807) is 30.3 Å². The van der Waals surface area contributed by atoms with E-state index in [9.17, 15) is 9.59 Å². The van der Waals surface area contributed by atoms with Crippen LogP contribution in [0.5, 0.6) is 5.75 Å². The predicted molar refractivity (Wildman–Crippen MR) is 121 cm³/mol. The summed E-state index contributed by atoms with van der Waals surface area (Å²) in [6.07, 6.45) is 2.27. The Hall–Kier alpha value is -3.60. The number of hydrogen-bond acceptors (Lipinski definition) is 3. The number of ether oxygens (including phenoxy) is 1. The maximum Gasteiger partial charge on any atom is 0.255 e. The maximum absolute atomic E-state index is 12.6. The molecule has 2 amide bonds. The van der Waals surface area contributed by atoms with Crippen molar-refractivity contribution in [2.75, 3.05) is 17.7 Å². The first kappa shape index (κ1) is 21.1. The molecule has 0 spiro atoms. The Kier molecular flexibility index (Phi) is 7.22. The summed E-state index contributed by atoms with van der Waals surface area (Å²) >= 11 is 0. The third-order valence-corrected chi connectivity index (χ3v) is 4.75. The molecule has 0 aliphatic heterocycles. The van der Waals surface area contributed by atoms with Crippen LogP contribution in [0.15, 0.2) is 72.8 Å². The smallest absolute Gasteiger partial charge is 0.255 e. The summed E-state index contributed by atoms with van der Waals surface area (Å²) in [5.41, 5.74) is 3.90. The van der Waals surface area contributed by atoms with Crippen LogP contribution >= 0.6 is 0 Å². The molecule has 2 N–H and O–H groups in total. The minimum atomic E-state index is -0.212. The van der Waals surface area contributed by atoms with Gasteiger partial charge >= 0.3 is 0 Å². The lowest BCUT2D eigenvalue weighted by atomic mass is 10.0. The van der Waals surface area contributed by atoms with Crippen LogP contribution in [-0.4, -0.2) is 18.9 Å². The van der Waals surface area contributed by atoms with E-state index in [1.807, 2.05) is 49.4 Å². The number of nitrogens with one attached hydrogen (secondary N) is 2. The number of amides is 2. The lowest BCUT2D eigenvalue weighted by Crippen LogP contribution is -2.13. The van der Waals surface area contributed by atoms with Crippen LogP contribution < -0.4 is 15.4 Å². The monoisotopic (exact) mass is 402 g/mol. The van der Waals surface area contributed by atoms with Crippen molar-refractivity contribution in [2.24, 2.45) is 0 Å². The van der Waals surface area contributed by atoms with Gasteiger partial charge in [0.05, 0.1) is 12.8 Å². The molecule has 5 nitrogen and oxygen atoms in total. The molecule has 0 saturated carbocycles. The number of benzene rings is 3. The zero-order chi connectivity index (χ0) is 21.3. The summed E-state index contributed by atoms with van der Waals surface area (Å²) in [7, 11) is 1.53. The minimum absolute atomic E-state index is 0.0505. The molecule has 0 aliphatic rings. The highest BCUT2D eigenvalue weighted by Crippen LogP contribution is 2.28. The molecule has 154 valence electrons. The van der Waals surface area contributed by atoms with Gasteiger partial charge in [-0.25, -0.2) is 0 Å². The molecule has 5 heteroatoms. The van der Waals surface area contributed by atoms with E-state index in [4.69, 9.17) is 4.74 Å². The van der Waals surface area contributed by atoms with Gasteiger partial charge in [0, 0.05) is 23.7 Å². The van der Waals surface area contributed by atoms with Crippen molar-refractivity contribution in [2.45, 2.75) is 26.2 Å². The van der Waals surface area contributed by atoms with Crippen LogP contribution in [0.25, 0.3) is 11.1 Å². The molecule has 0 aliphatic carbocycles. The van der Waals surface area contributed by atoms with Gasteiger partial charge < -0.3 is 15.4 Å². The van der Waals surface area contributed by atoms with Gasteiger partial charge in [-0.15, -0.1) is 0 Å². The van der Waals surface area contributed by atoms with Gasteiger partial charge in [-0.05, 0) is 41.8 Å². The highest BCUT2D eigenvalue weighted by atomic mass is 16.5. The molecule has 3 aromatic carbocycles. The Balaban J connectivity index is 1.68. The lowest BCUT2D eigenvalue weighted by molar-refractivity contribution is -0.116. The number of hydrogen-bond donors (Lipinski definition) is 2. The fraction of sp³-hybridized carbons (Fsp3) is 0.200. The Morgan fingerprint density at radius 1 is 0.867 bits per heavy atom.